The first-order valence-corrected chi connectivity index (χ1v) is 11.7. The van der Waals surface area contributed by atoms with Crippen LogP contribution in [0.5, 0.6) is 0 Å². The lowest BCUT2D eigenvalue weighted by Crippen LogP contribution is -2.47. The third-order valence-corrected chi connectivity index (χ3v) is 6.87. The number of benzene rings is 1. The quantitative estimate of drug-likeness (QED) is 0.576. The van der Waals surface area contributed by atoms with E-state index in [1.807, 2.05) is 13.1 Å². The monoisotopic (exact) mass is 412 g/mol. The Hall–Kier alpha value is -2.08. The predicted molar refractivity (Wildman–Crippen MR) is 119 cm³/mol. The highest BCUT2D eigenvalue weighted by Crippen LogP contribution is 2.33. The van der Waals surface area contributed by atoms with Crippen molar-refractivity contribution in [1.82, 2.24) is 15.5 Å². The van der Waals surface area contributed by atoms with Crippen LogP contribution in [0.4, 0.5) is 0 Å². The van der Waals surface area contributed by atoms with Crippen molar-refractivity contribution < 1.29 is 9.53 Å². The fourth-order valence-electron chi connectivity index (χ4n) is 5.19. The normalized spacial score (nSPS) is 28.0. The first-order chi connectivity index (χ1) is 14.7. The Balaban J connectivity index is 1.27. The number of guanidine groups is 1. The van der Waals surface area contributed by atoms with Crippen LogP contribution < -0.4 is 10.6 Å². The molecule has 1 aliphatic carbocycles. The van der Waals surface area contributed by atoms with Gasteiger partial charge in [0.15, 0.2) is 5.96 Å². The molecule has 3 atom stereocenters. The molecule has 1 amide bonds. The Morgan fingerprint density at radius 2 is 1.93 bits per heavy atom. The molecular formula is C24H36N4O2. The maximum absolute atomic E-state index is 12.7. The molecule has 3 aliphatic rings. The highest BCUT2D eigenvalue weighted by molar-refractivity contribution is 5.81. The summed E-state index contributed by atoms with van der Waals surface area (Å²) in [5, 5.41) is 7.06. The van der Waals surface area contributed by atoms with Gasteiger partial charge >= 0.3 is 0 Å². The zero-order chi connectivity index (χ0) is 20.8. The van der Waals surface area contributed by atoms with Gasteiger partial charge in [0, 0.05) is 51.2 Å². The fraction of sp³-hybridized carbons (Fsp3) is 0.667. The van der Waals surface area contributed by atoms with E-state index >= 15 is 0 Å². The second kappa shape index (κ2) is 10.3. The number of carbonyl (C=O) groups is 1. The Morgan fingerprint density at radius 1 is 1.13 bits per heavy atom. The standard InChI is InChI=1S/C24H36N4O2/c1-25-24(27-21-13-14-28(17-21)23(29)19-10-5-6-11-19)26-16-20-12-7-15-30-22(20)18-8-3-2-4-9-18/h2-4,8-9,19-22H,5-7,10-17H2,1H3,(H2,25,26,27). The predicted octanol–water partition coefficient (Wildman–Crippen LogP) is 3.11. The van der Waals surface area contributed by atoms with Crippen LogP contribution in [0.1, 0.15) is 56.6 Å². The maximum Gasteiger partial charge on any atom is 0.225 e. The van der Waals surface area contributed by atoms with E-state index in [4.69, 9.17) is 4.74 Å². The van der Waals surface area contributed by atoms with Crippen LogP contribution in [0, 0.1) is 11.8 Å². The number of likely N-dealkylation sites (tertiary alicyclic amines) is 1. The average molecular weight is 413 g/mol. The maximum atomic E-state index is 12.7. The molecule has 0 bridgehead atoms. The van der Waals surface area contributed by atoms with Gasteiger partial charge in [-0.15, -0.1) is 0 Å². The first-order valence-electron chi connectivity index (χ1n) is 11.7. The van der Waals surface area contributed by atoms with Crippen molar-refractivity contribution in [3.8, 4) is 0 Å². The van der Waals surface area contributed by atoms with Crippen LogP contribution >= 0.6 is 0 Å². The Bertz CT molecular complexity index is 717. The molecule has 2 saturated heterocycles. The number of ether oxygens (including phenoxy) is 1. The number of amides is 1. The van der Waals surface area contributed by atoms with E-state index in [1.165, 1.54) is 18.4 Å². The Labute approximate surface area is 180 Å². The van der Waals surface area contributed by atoms with Gasteiger partial charge in [0.2, 0.25) is 5.91 Å². The van der Waals surface area contributed by atoms with Crippen molar-refractivity contribution in [3.05, 3.63) is 35.9 Å². The molecule has 6 nitrogen and oxygen atoms in total. The van der Waals surface area contributed by atoms with E-state index in [1.54, 1.807) is 0 Å². The minimum absolute atomic E-state index is 0.136. The SMILES string of the molecule is CN=C(NCC1CCCOC1c1ccccc1)NC1CCN(C(=O)C2CCCC2)C1. The number of nitrogens with one attached hydrogen (secondary N) is 2. The largest absolute Gasteiger partial charge is 0.373 e. The van der Waals surface area contributed by atoms with E-state index in [9.17, 15) is 4.79 Å². The lowest BCUT2D eigenvalue weighted by atomic mass is 9.89. The summed E-state index contributed by atoms with van der Waals surface area (Å²) in [5.41, 5.74) is 1.25. The number of hydrogen-bond acceptors (Lipinski definition) is 3. The second-order valence-corrected chi connectivity index (χ2v) is 8.95. The van der Waals surface area contributed by atoms with Crippen LogP contribution in [0.3, 0.4) is 0 Å². The highest BCUT2D eigenvalue weighted by atomic mass is 16.5. The van der Waals surface area contributed by atoms with E-state index in [-0.39, 0.29) is 18.1 Å². The third kappa shape index (κ3) is 5.15. The van der Waals surface area contributed by atoms with Crippen LogP contribution in [-0.4, -0.2) is 56.1 Å². The number of hydrogen-bond donors (Lipinski definition) is 2. The van der Waals surface area contributed by atoms with Crippen molar-refractivity contribution in [2.45, 2.75) is 57.1 Å². The summed E-state index contributed by atoms with van der Waals surface area (Å²) in [5.74, 6) is 1.88. The lowest BCUT2D eigenvalue weighted by Gasteiger charge is -2.33. The lowest BCUT2D eigenvalue weighted by molar-refractivity contribution is -0.134. The molecule has 4 rings (SSSR count). The van der Waals surface area contributed by atoms with Crippen LogP contribution in [0.15, 0.2) is 35.3 Å². The van der Waals surface area contributed by atoms with Gasteiger partial charge in [-0.2, -0.15) is 0 Å². The third-order valence-electron chi connectivity index (χ3n) is 6.87. The molecule has 3 fully saturated rings. The smallest absolute Gasteiger partial charge is 0.225 e. The zero-order valence-electron chi connectivity index (χ0n) is 18.2. The van der Waals surface area contributed by atoms with E-state index in [0.29, 0.717) is 11.8 Å². The van der Waals surface area contributed by atoms with E-state index < -0.39 is 0 Å². The first kappa shape index (κ1) is 21.2. The van der Waals surface area contributed by atoms with Crippen molar-refractivity contribution in [2.75, 3.05) is 33.3 Å². The van der Waals surface area contributed by atoms with Crippen molar-refractivity contribution >= 4 is 11.9 Å². The summed E-state index contributed by atoms with van der Waals surface area (Å²) in [7, 11) is 1.82. The fourth-order valence-corrected chi connectivity index (χ4v) is 5.19. The van der Waals surface area contributed by atoms with Crippen molar-refractivity contribution in [2.24, 2.45) is 16.8 Å². The zero-order valence-corrected chi connectivity index (χ0v) is 18.2. The molecule has 1 aromatic carbocycles. The van der Waals surface area contributed by atoms with Gasteiger partial charge in [0.05, 0.1) is 6.10 Å². The summed E-state index contributed by atoms with van der Waals surface area (Å²) in [6, 6.07) is 10.8. The average Bonchev–Trinajstić information content (AvgIpc) is 3.49. The molecule has 164 valence electrons. The Kier molecular flexibility index (Phi) is 7.26. The van der Waals surface area contributed by atoms with Gasteiger partial charge in [-0.05, 0) is 37.7 Å². The summed E-state index contributed by atoms with van der Waals surface area (Å²) >= 11 is 0. The molecular weight excluding hydrogens is 376 g/mol. The van der Waals surface area contributed by atoms with Crippen LogP contribution in [-0.2, 0) is 9.53 Å². The summed E-state index contributed by atoms with van der Waals surface area (Å²) in [6.07, 6.45) is 7.93. The molecule has 6 heteroatoms. The number of carbonyl (C=O) groups excluding carboxylic acids is 1. The Morgan fingerprint density at radius 3 is 2.70 bits per heavy atom. The van der Waals surface area contributed by atoms with E-state index in [2.05, 4.69) is 44.8 Å². The minimum Gasteiger partial charge on any atom is -0.373 e. The highest BCUT2D eigenvalue weighted by Gasteiger charge is 2.33. The van der Waals surface area contributed by atoms with Gasteiger partial charge in [0.1, 0.15) is 0 Å². The van der Waals surface area contributed by atoms with Gasteiger partial charge in [-0.1, -0.05) is 43.2 Å². The van der Waals surface area contributed by atoms with Gasteiger partial charge < -0.3 is 20.3 Å². The molecule has 0 radical (unpaired) electrons. The molecule has 0 aromatic heterocycles. The van der Waals surface area contributed by atoms with Crippen molar-refractivity contribution in [1.29, 1.82) is 0 Å². The summed E-state index contributed by atoms with van der Waals surface area (Å²) in [4.78, 5) is 19.2. The molecule has 30 heavy (non-hydrogen) atoms. The molecule has 2 aliphatic heterocycles. The van der Waals surface area contributed by atoms with Gasteiger partial charge in [-0.25, -0.2) is 0 Å². The van der Waals surface area contributed by atoms with Gasteiger partial charge in [0.25, 0.3) is 0 Å². The molecule has 2 N–H and O–H groups in total. The summed E-state index contributed by atoms with van der Waals surface area (Å²) in [6.45, 7) is 3.30. The molecule has 1 aromatic rings. The second-order valence-electron chi connectivity index (χ2n) is 8.95. The minimum atomic E-state index is 0.136. The van der Waals surface area contributed by atoms with Crippen molar-refractivity contribution in [3.63, 3.8) is 0 Å². The topological polar surface area (TPSA) is 66.0 Å². The molecule has 3 unspecified atom stereocenters. The summed E-state index contributed by atoms with van der Waals surface area (Å²) < 4.78 is 6.12. The van der Waals surface area contributed by atoms with Crippen LogP contribution in [0.2, 0.25) is 0 Å². The van der Waals surface area contributed by atoms with Gasteiger partial charge in [-0.3, -0.25) is 9.79 Å². The number of aliphatic imine (C=N–C) groups is 1. The van der Waals surface area contributed by atoms with E-state index in [0.717, 1.165) is 64.3 Å². The number of nitrogens with zero attached hydrogens (tertiary/aromatic N) is 2. The van der Waals surface area contributed by atoms with Crippen LogP contribution in [0.25, 0.3) is 0 Å². The molecule has 2 heterocycles. The number of rotatable bonds is 5. The molecule has 0 spiro atoms. The molecule has 1 saturated carbocycles.